The van der Waals surface area contributed by atoms with Crippen LogP contribution < -0.4 is 14.2 Å². The van der Waals surface area contributed by atoms with Gasteiger partial charge in [-0.15, -0.1) is 0 Å². The first-order chi connectivity index (χ1) is 11.0. The molecule has 0 fully saturated rings. The van der Waals surface area contributed by atoms with Gasteiger partial charge in [-0.1, -0.05) is 25.1 Å². The number of aryl methyl sites for hydroxylation is 1. The van der Waals surface area contributed by atoms with Crippen molar-refractivity contribution >= 4 is 10.0 Å². The van der Waals surface area contributed by atoms with Crippen molar-refractivity contribution < 1.29 is 17.9 Å². The van der Waals surface area contributed by atoms with Crippen LogP contribution >= 0.6 is 0 Å². The molecule has 2 rings (SSSR count). The molecular weight excluding hydrogens is 314 g/mol. The summed E-state index contributed by atoms with van der Waals surface area (Å²) in [5, 5.41) is 0. The quantitative estimate of drug-likeness (QED) is 0.845. The fourth-order valence-corrected chi connectivity index (χ4v) is 3.39. The number of rotatable bonds is 7. The van der Waals surface area contributed by atoms with Crippen LogP contribution in [0.5, 0.6) is 11.5 Å². The molecule has 0 saturated carbocycles. The van der Waals surface area contributed by atoms with E-state index in [4.69, 9.17) is 9.47 Å². The van der Waals surface area contributed by atoms with Crippen LogP contribution in [0.3, 0.4) is 0 Å². The van der Waals surface area contributed by atoms with E-state index in [1.807, 2.05) is 25.1 Å². The van der Waals surface area contributed by atoms with Gasteiger partial charge in [-0.2, -0.15) is 0 Å². The Morgan fingerprint density at radius 2 is 1.61 bits per heavy atom. The summed E-state index contributed by atoms with van der Waals surface area (Å²) in [7, 11) is -0.606. The Morgan fingerprint density at radius 1 is 0.957 bits per heavy atom. The molecule has 6 heteroatoms. The van der Waals surface area contributed by atoms with E-state index in [1.165, 1.54) is 7.11 Å². The minimum absolute atomic E-state index is 0.160. The summed E-state index contributed by atoms with van der Waals surface area (Å²) in [6.45, 7) is 2.18. The molecule has 0 bridgehead atoms. The van der Waals surface area contributed by atoms with Crippen LogP contribution in [0.4, 0.5) is 0 Å². The van der Waals surface area contributed by atoms with E-state index in [1.54, 1.807) is 31.4 Å². The molecule has 0 atom stereocenters. The van der Waals surface area contributed by atoms with E-state index in [0.29, 0.717) is 5.75 Å². The van der Waals surface area contributed by atoms with Gasteiger partial charge in [-0.05, 0) is 41.8 Å². The maximum absolute atomic E-state index is 12.6. The van der Waals surface area contributed by atoms with E-state index in [9.17, 15) is 8.42 Å². The molecule has 1 N–H and O–H groups in total. The smallest absolute Gasteiger partial charge is 0.244 e. The molecular formula is C17H21NO4S. The standard InChI is InChI=1S/C17H21NO4S/c1-4-13-7-10-16(22-3)17(11-13)23(19,20)18-12-14-5-8-15(21-2)9-6-14/h5-11,18H,4,12H2,1-3H3. The maximum atomic E-state index is 12.6. The van der Waals surface area contributed by atoms with Crippen molar-refractivity contribution in [3.63, 3.8) is 0 Å². The summed E-state index contributed by atoms with van der Waals surface area (Å²) >= 11 is 0. The first-order valence-electron chi connectivity index (χ1n) is 7.29. The fourth-order valence-electron chi connectivity index (χ4n) is 2.15. The van der Waals surface area contributed by atoms with Gasteiger partial charge in [0.2, 0.25) is 10.0 Å². The van der Waals surface area contributed by atoms with Crippen molar-refractivity contribution in [3.8, 4) is 11.5 Å². The second kappa shape index (κ2) is 7.48. The molecule has 0 amide bonds. The zero-order chi connectivity index (χ0) is 16.9. The average molecular weight is 335 g/mol. The van der Waals surface area contributed by atoms with E-state index < -0.39 is 10.0 Å². The van der Waals surface area contributed by atoms with Gasteiger partial charge in [-0.3, -0.25) is 0 Å². The Morgan fingerprint density at radius 3 is 2.17 bits per heavy atom. The highest BCUT2D eigenvalue weighted by atomic mass is 32.2. The molecule has 5 nitrogen and oxygen atoms in total. The molecule has 0 radical (unpaired) electrons. The lowest BCUT2D eigenvalue weighted by Gasteiger charge is -2.12. The lowest BCUT2D eigenvalue weighted by Crippen LogP contribution is -2.24. The van der Waals surface area contributed by atoms with E-state index in [0.717, 1.165) is 23.3 Å². The number of benzene rings is 2. The van der Waals surface area contributed by atoms with Crippen LogP contribution in [0.2, 0.25) is 0 Å². The number of hydrogen-bond donors (Lipinski definition) is 1. The third-order valence-corrected chi connectivity index (χ3v) is 4.97. The molecule has 2 aromatic carbocycles. The Kier molecular flexibility index (Phi) is 5.63. The average Bonchev–Trinajstić information content (AvgIpc) is 2.59. The first-order valence-corrected chi connectivity index (χ1v) is 8.78. The predicted molar refractivity (Wildman–Crippen MR) is 89.4 cm³/mol. The van der Waals surface area contributed by atoms with Crippen LogP contribution in [0.25, 0.3) is 0 Å². The SMILES string of the molecule is CCc1ccc(OC)c(S(=O)(=O)NCc2ccc(OC)cc2)c1. The van der Waals surface area contributed by atoms with Gasteiger partial charge in [0.05, 0.1) is 14.2 Å². The third-order valence-electron chi connectivity index (χ3n) is 3.55. The van der Waals surface area contributed by atoms with Gasteiger partial charge >= 0.3 is 0 Å². The van der Waals surface area contributed by atoms with Crippen molar-refractivity contribution in [1.29, 1.82) is 0 Å². The first kappa shape index (κ1) is 17.3. The molecule has 0 aliphatic rings. The number of hydrogen-bond acceptors (Lipinski definition) is 4. The second-order valence-electron chi connectivity index (χ2n) is 5.01. The molecule has 0 aliphatic carbocycles. The Hall–Kier alpha value is -2.05. The minimum atomic E-state index is -3.66. The van der Waals surface area contributed by atoms with E-state index in [2.05, 4.69) is 4.72 Å². The summed E-state index contributed by atoms with van der Waals surface area (Å²) in [5.74, 6) is 1.07. The molecule has 0 aromatic heterocycles. The normalized spacial score (nSPS) is 11.3. The summed E-state index contributed by atoms with van der Waals surface area (Å²) in [6.07, 6.45) is 0.755. The van der Waals surface area contributed by atoms with Gasteiger partial charge in [0.15, 0.2) is 0 Å². The molecule has 0 spiro atoms. The van der Waals surface area contributed by atoms with Gasteiger partial charge in [0, 0.05) is 6.54 Å². The highest BCUT2D eigenvalue weighted by Gasteiger charge is 2.19. The predicted octanol–water partition coefficient (Wildman–Crippen LogP) is 2.74. The van der Waals surface area contributed by atoms with Gasteiger partial charge in [-0.25, -0.2) is 13.1 Å². The van der Waals surface area contributed by atoms with Crippen molar-refractivity contribution in [2.45, 2.75) is 24.8 Å². The Balaban J connectivity index is 2.20. The van der Waals surface area contributed by atoms with Crippen molar-refractivity contribution in [2.75, 3.05) is 14.2 Å². The molecule has 0 saturated heterocycles. The van der Waals surface area contributed by atoms with E-state index >= 15 is 0 Å². The van der Waals surface area contributed by atoms with Crippen LogP contribution in [0.15, 0.2) is 47.4 Å². The summed E-state index contributed by atoms with van der Waals surface area (Å²) in [6, 6.07) is 12.4. The molecule has 2 aromatic rings. The number of methoxy groups -OCH3 is 2. The zero-order valence-corrected chi connectivity index (χ0v) is 14.3. The third kappa shape index (κ3) is 4.24. The summed E-state index contributed by atoms with van der Waals surface area (Å²) in [5.41, 5.74) is 1.79. The van der Waals surface area contributed by atoms with Crippen LogP contribution in [-0.4, -0.2) is 22.6 Å². The van der Waals surface area contributed by atoms with Crippen LogP contribution in [0, 0.1) is 0 Å². The van der Waals surface area contributed by atoms with Crippen LogP contribution in [-0.2, 0) is 23.0 Å². The van der Waals surface area contributed by atoms with Crippen molar-refractivity contribution in [1.82, 2.24) is 4.72 Å². The van der Waals surface area contributed by atoms with Crippen molar-refractivity contribution in [3.05, 3.63) is 53.6 Å². The Bertz CT molecular complexity index is 755. The highest BCUT2D eigenvalue weighted by Crippen LogP contribution is 2.25. The molecule has 0 aliphatic heterocycles. The summed E-state index contributed by atoms with van der Waals surface area (Å²) < 4.78 is 38.0. The van der Waals surface area contributed by atoms with Crippen LogP contribution in [0.1, 0.15) is 18.1 Å². The largest absolute Gasteiger partial charge is 0.497 e. The van der Waals surface area contributed by atoms with E-state index in [-0.39, 0.29) is 11.4 Å². The second-order valence-corrected chi connectivity index (χ2v) is 6.75. The minimum Gasteiger partial charge on any atom is -0.497 e. The molecule has 0 unspecified atom stereocenters. The number of ether oxygens (including phenoxy) is 2. The molecule has 124 valence electrons. The summed E-state index contributed by atoms with van der Waals surface area (Å²) in [4.78, 5) is 0.160. The van der Waals surface area contributed by atoms with Gasteiger partial charge < -0.3 is 9.47 Å². The van der Waals surface area contributed by atoms with Gasteiger partial charge in [0.25, 0.3) is 0 Å². The Labute approximate surface area is 137 Å². The fraction of sp³-hybridized carbons (Fsp3) is 0.294. The zero-order valence-electron chi connectivity index (χ0n) is 13.5. The lowest BCUT2D eigenvalue weighted by molar-refractivity contribution is 0.402. The maximum Gasteiger partial charge on any atom is 0.244 e. The molecule has 23 heavy (non-hydrogen) atoms. The lowest BCUT2D eigenvalue weighted by atomic mass is 10.2. The molecule has 0 heterocycles. The van der Waals surface area contributed by atoms with Gasteiger partial charge in [0.1, 0.15) is 16.4 Å². The topological polar surface area (TPSA) is 64.6 Å². The monoisotopic (exact) mass is 335 g/mol. The van der Waals surface area contributed by atoms with Crippen molar-refractivity contribution in [2.24, 2.45) is 0 Å². The number of nitrogens with one attached hydrogen (secondary N) is 1. The highest BCUT2D eigenvalue weighted by molar-refractivity contribution is 7.89. The number of sulfonamides is 1.